The maximum absolute atomic E-state index is 11.5. The van der Waals surface area contributed by atoms with Crippen LogP contribution >= 0.6 is 15.9 Å². The summed E-state index contributed by atoms with van der Waals surface area (Å²) in [6, 6.07) is 0. The van der Waals surface area contributed by atoms with Gasteiger partial charge in [0.05, 0.1) is 6.61 Å². The number of ketones is 1. The molecule has 0 aromatic rings. The highest BCUT2D eigenvalue weighted by Gasteiger charge is 2.07. The largest absolute Gasteiger partial charge is 0.493 e. The molecule has 0 saturated heterocycles. The first-order valence-electron chi connectivity index (χ1n) is 5.39. The molecule has 3 heteroatoms. The summed E-state index contributed by atoms with van der Waals surface area (Å²) in [5.74, 6) is 0.759. The van der Waals surface area contributed by atoms with Crippen molar-refractivity contribution in [1.82, 2.24) is 0 Å². The van der Waals surface area contributed by atoms with E-state index in [4.69, 9.17) is 4.74 Å². The summed E-state index contributed by atoms with van der Waals surface area (Å²) in [5, 5.41) is 0.895. The van der Waals surface area contributed by atoms with E-state index in [-0.39, 0.29) is 5.78 Å². The van der Waals surface area contributed by atoms with E-state index in [1.165, 1.54) is 0 Å². The minimum absolute atomic E-state index is 0.113. The number of carbonyl (C=O) groups excluding carboxylic acids is 1. The molecule has 16 heavy (non-hydrogen) atoms. The Balaban J connectivity index is 4.69. The van der Waals surface area contributed by atoms with Crippen molar-refractivity contribution in [2.24, 2.45) is 0 Å². The number of Topliss-reactive ketones (excluding diaryl/α,β-unsaturated/α-hetero) is 1. The van der Waals surface area contributed by atoms with Gasteiger partial charge in [0, 0.05) is 17.3 Å². The average Bonchev–Trinajstić information content (AvgIpc) is 2.31. The van der Waals surface area contributed by atoms with E-state index in [0.29, 0.717) is 24.4 Å². The second-order valence-corrected chi connectivity index (χ2v) is 4.04. The zero-order valence-electron chi connectivity index (χ0n) is 9.96. The fraction of sp³-hybridized carbons (Fsp3) is 0.462. The molecule has 0 N–H and O–H groups in total. The van der Waals surface area contributed by atoms with Gasteiger partial charge in [-0.05, 0) is 19.4 Å². The number of halogens is 1. The lowest BCUT2D eigenvalue weighted by atomic mass is 10.1. The third-order valence-corrected chi connectivity index (χ3v) is 2.59. The van der Waals surface area contributed by atoms with Crippen LogP contribution in [0.25, 0.3) is 0 Å². The average molecular weight is 287 g/mol. The Morgan fingerprint density at radius 1 is 1.50 bits per heavy atom. The van der Waals surface area contributed by atoms with Crippen LogP contribution in [-0.2, 0) is 9.53 Å². The van der Waals surface area contributed by atoms with Crippen LogP contribution in [-0.4, -0.2) is 17.7 Å². The van der Waals surface area contributed by atoms with Crippen molar-refractivity contribution in [3.8, 4) is 0 Å². The molecule has 0 bridgehead atoms. The van der Waals surface area contributed by atoms with Gasteiger partial charge in [-0.2, -0.15) is 0 Å². The Kier molecular flexibility index (Phi) is 8.91. The van der Waals surface area contributed by atoms with E-state index >= 15 is 0 Å². The van der Waals surface area contributed by atoms with E-state index in [0.717, 1.165) is 11.8 Å². The van der Waals surface area contributed by atoms with E-state index in [1.807, 2.05) is 6.92 Å². The molecule has 0 aliphatic carbocycles. The molecule has 2 nitrogen and oxygen atoms in total. The van der Waals surface area contributed by atoms with E-state index in [9.17, 15) is 4.79 Å². The summed E-state index contributed by atoms with van der Waals surface area (Å²) < 4.78 is 5.56. The normalized spacial score (nSPS) is 12.4. The van der Waals surface area contributed by atoms with Gasteiger partial charge in [0.2, 0.25) is 0 Å². The SMILES string of the molecule is C=C/C=C\C(OCCCBr)=C(/C)C(=O)CC. The van der Waals surface area contributed by atoms with Crippen LogP contribution in [0.5, 0.6) is 0 Å². The van der Waals surface area contributed by atoms with Gasteiger partial charge in [0.15, 0.2) is 5.78 Å². The Hall–Kier alpha value is -0.830. The molecule has 0 aromatic heterocycles. The summed E-state index contributed by atoms with van der Waals surface area (Å²) in [5.41, 5.74) is 0.676. The molecule has 0 aromatic carbocycles. The van der Waals surface area contributed by atoms with Gasteiger partial charge in [0.1, 0.15) is 5.76 Å². The van der Waals surface area contributed by atoms with Crippen LogP contribution < -0.4 is 0 Å². The first-order valence-corrected chi connectivity index (χ1v) is 6.51. The molecule has 0 fully saturated rings. The van der Waals surface area contributed by atoms with Gasteiger partial charge in [-0.1, -0.05) is 41.6 Å². The van der Waals surface area contributed by atoms with Crippen molar-refractivity contribution < 1.29 is 9.53 Å². The highest BCUT2D eigenvalue weighted by Crippen LogP contribution is 2.11. The highest BCUT2D eigenvalue weighted by atomic mass is 79.9. The monoisotopic (exact) mass is 286 g/mol. The summed E-state index contributed by atoms with van der Waals surface area (Å²) in [7, 11) is 0. The molecule has 0 amide bonds. The molecular weight excluding hydrogens is 268 g/mol. The maximum atomic E-state index is 11.5. The van der Waals surface area contributed by atoms with Gasteiger partial charge in [-0.3, -0.25) is 4.79 Å². The summed E-state index contributed by atoms with van der Waals surface area (Å²) in [4.78, 5) is 11.5. The molecular formula is C13H19BrO2. The van der Waals surface area contributed by atoms with Crippen molar-refractivity contribution in [3.63, 3.8) is 0 Å². The maximum Gasteiger partial charge on any atom is 0.161 e. The van der Waals surface area contributed by atoms with E-state index in [1.54, 1.807) is 25.2 Å². The van der Waals surface area contributed by atoms with Crippen molar-refractivity contribution >= 4 is 21.7 Å². The second kappa shape index (κ2) is 9.40. The lowest BCUT2D eigenvalue weighted by molar-refractivity contribution is -0.115. The second-order valence-electron chi connectivity index (χ2n) is 3.25. The number of rotatable bonds is 8. The van der Waals surface area contributed by atoms with Gasteiger partial charge in [-0.25, -0.2) is 0 Å². The molecule has 0 unspecified atom stereocenters. The van der Waals surface area contributed by atoms with Gasteiger partial charge >= 0.3 is 0 Å². The topological polar surface area (TPSA) is 26.3 Å². The number of hydrogen-bond acceptors (Lipinski definition) is 2. The Morgan fingerprint density at radius 2 is 2.19 bits per heavy atom. The van der Waals surface area contributed by atoms with Gasteiger partial charge < -0.3 is 4.74 Å². The lowest BCUT2D eigenvalue weighted by Gasteiger charge is -2.09. The summed E-state index contributed by atoms with van der Waals surface area (Å²) in [6.45, 7) is 7.84. The number of carbonyl (C=O) groups is 1. The van der Waals surface area contributed by atoms with Crippen LogP contribution in [0.15, 0.2) is 36.1 Å². The first-order chi connectivity index (χ1) is 7.67. The fourth-order valence-electron chi connectivity index (χ4n) is 1.08. The quantitative estimate of drug-likeness (QED) is 0.223. The van der Waals surface area contributed by atoms with Gasteiger partial charge in [0.25, 0.3) is 0 Å². The number of allylic oxidation sites excluding steroid dienone is 4. The zero-order chi connectivity index (χ0) is 12.4. The predicted molar refractivity (Wildman–Crippen MR) is 71.7 cm³/mol. The smallest absolute Gasteiger partial charge is 0.161 e. The minimum atomic E-state index is 0.113. The predicted octanol–water partition coefficient (Wildman–Crippen LogP) is 3.78. The molecule has 0 saturated carbocycles. The minimum Gasteiger partial charge on any atom is -0.493 e. The molecule has 0 rings (SSSR count). The molecule has 0 aliphatic rings. The van der Waals surface area contributed by atoms with Crippen molar-refractivity contribution in [3.05, 3.63) is 36.1 Å². The lowest BCUT2D eigenvalue weighted by Crippen LogP contribution is -2.04. The van der Waals surface area contributed by atoms with Crippen LogP contribution in [0.3, 0.4) is 0 Å². The fourth-order valence-corrected chi connectivity index (χ4v) is 1.30. The molecule has 0 radical (unpaired) electrons. The standard InChI is InChI=1S/C13H19BrO2/c1-4-6-8-13(16-10-7-9-14)11(3)12(15)5-2/h4,6,8H,1,5,7,9-10H2,2-3H3/b8-6-,13-11-. The molecule has 90 valence electrons. The third kappa shape index (κ3) is 5.91. The molecule has 0 atom stereocenters. The van der Waals surface area contributed by atoms with Crippen LogP contribution in [0, 0.1) is 0 Å². The van der Waals surface area contributed by atoms with Crippen molar-refractivity contribution in [2.75, 3.05) is 11.9 Å². The highest BCUT2D eigenvalue weighted by molar-refractivity contribution is 9.09. The van der Waals surface area contributed by atoms with Crippen LogP contribution in [0.2, 0.25) is 0 Å². The van der Waals surface area contributed by atoms with E-state index in [2.05, 4.69) is 22.5 Å². The van der Waals surface area contributed by atoms with Gasteiger partial charge in [-0.15, -0.1) is 0 Å². The molecule has 0 spiro atoms. The van der Waals surface area contributed by atoms with E-state index < -0.39 is 0 Å². The van der Waals surface area contributed by atoms with Crippen molar-refractivity contribution in [2.45, 2.75) is 26.7 Å². The molecule has 0 heterocycles. The van der Waals surface area contributed by atoms with Crippen molar-refractivity contribution in [1.29, 1.82) is 0 Å². The summed E-state index contributed by atoms with van der Waals surface area (Å²) in [6.07, 6.45) is 6.63. The third-order valence-electron chi connectivity index (χ3n) is 2.03. The summed E-state index contributed by atoms with van der Waals surface area (Å²) >= 11 is 3.33. The van der Waals surface area contributed by atoms with Crippen LogP contribution in [0.4, 0.5) is 0 Å². The number of alkyl halides is 1. The Labute approximate surface area is 106 Å². The zero-order valence-corrected chi connectivity index (χ0v) is 11.5. The first kappa shape index (κ1) is 15.2. The number of ether oxygens (including phenoxy) is 1. The molecule has 0 aliphatic heterocycles. The Morgan fingerprint density at radius 3 is 2.69 bits per heavy atom. The Bertz CT molecular complexity index is 290. The van der Waals surface area contributed by atoms with Crippen LogP contribution in [0.1, 0.15) is 26.7 Å². The number of hydrogen-bond donors (Lipinski definition) is 0.